The summed E-state index contributed by atoms with van der Waals surface area (Å²) in [7, 11) is 3.57. The molecule has 2 rings (SSSR count). The van der Waals surface area contributed by atoms with Gasteiger partial charge >= 0.3 is 0 Å². The van der Waals surface area contributed by atoms with Crippen molar-refractivity contribution in [2.24, 2.45) is 0 Å². The molecule has 0 bridgehead atoms. The molecule has 1 amide bonds. The molecule has 0 aromatic heterocycles. The number of likely N-dealkylation sites (N-methyl/N-ethyl adjacent to an activating group) is 1. The van der Waals surface area contributed by atoms with Crippen molar-refractivity contribution in [3.05, 3.63) is 29.8 Å². The van der Waals surface area contributed by atoms with Crippen LogP contribution in [0.2, 0.25) is 0 Å². The molecule has 0 radical (unpaired) electrons. The quantitative estimate of drug-likeness (QED) is 0.871. The Hall–Kier alpha value is -2.06. The maximum absolute atomic E-state index is 12.6. The van der Waals surface area contributed by atoms with E-state index in [1.807, 2.05) is 43.1 Å². The lowest BCUT2D eigenvalue weighted by atomic mass is 9.82. The zero-order chi connectivity index (χ0) is 17.6. The Morgan fingerprint density at radius 1 is 1.33 bits per heavy atom. The third-order valence-corrected chi connectivity index (χ3v) is 4.92. The monoisotopic (exact) mass is 329 g/mol. The summed E-state index contributed by atoms with van der Waals surface area (Å²) in [6.07, 6.45) is 4.66. The normalized spacial score (nSPS) is 17.8. The third-order valence-electron chi connectivity index (χ3n) is 4.92. The molecule has 1 aromatic rings. The van der Waals surface area contributed by atoms with Crippen molar-refractivity contribution < 1.29 is 9.53 Å². The topological polar surface area (TPSA) is 65.4 Å². The fourth-order valence-electron chi connectivity index (χ4n) is 3.12. The van der Waals surface area contributed by atoms with E-state index in [2.05, 4.69) is 11.4 Å². The summed E-state index contributed by atoms with van der Waals surface area (Å²) in [6.45, 7) is 2.55. The summed E-state index contributed by atoms with van der Waals surface area (Å²) in [5.74, 6) is 0.745. The molecule has 130 valence electrons. The van der Waals surface area contributed by atoms with Gasteiger partial charge < -0.3 is 10.1 Å². The minimum absolute atomic E-state index is 0.0746. The molecule has 0 spiro atoms. The highest BCUT2D eigenvalue weighted by molar-refractivity contribution is 5.82. The van der Waals surface area contributed by atoms with E-state index in [1.54, 1.807) is 7.11 Å². The van der Waals surface area contributed by atoms with Crippen LogP contribution in [0.5, 0.6) is 5.75 Å². The molecule has 1 atom stereocenters. The number of amides is 1. The molecule has 1 aromatic carbocycles. The second kappa shape index (κ2) is 8.16. The molecule has 1 fully saturated rings. The second-order valence-corrected chi connectivity index (χ2v) is 6.68. The number of rotatable bonds is 6. The van der Waals surface area contributed by atoms with Crippen molar-refractivity contribution in [3.8, 4) is 11.8 Å². The lowest BCUT2D eigenvalue weighted by Gasteiger charge is -2.34. The summed E-state index contributed by atoms with van der Waals surface area (Å²) in [5.41, 5.74) is 0.440. The minimum atomic E-state index is -0.676. The Kier molecular flexibility index (Phi) is 6.22. The van der Waals surface area contributed by atoms with E-state index >= 15 is 0 Å². The number of carbonyl (C=O) groups is 1. The number of nitrogens with zero attached hydrogens (tertiary/aromatic N) is 2. The SMILES string of the molecule is COc1ccc(CN(C)[C@H](C)C(=O)NC2(C#N)CCCCC2)cc1. The van der Waals surface area contributed by atoms with Gasteiger partial charge in [-0.2, -0.15) is 5.26 Å². The lowest BCUT2D eigenvalue weighted by molar-refractivity contribution is -0.127. The van der Waals surface area contributed by atoms with Gasteiger partial charge in [-0.3, -0.25) is 9.69 Å². The van der Waals surface area contributed by atoms with E-state index in [-0.39, 0.29) is 11.9 Å². The zero-order valence-corrected chi connectivity index (χ0v) is 14.8. The van der Waals surface area contributed by atoms with Crippen molar-refractivity contribution in [2.75, 3.05) is 14.2 Å². The Morgan fingerprint density at radius 3 is 2.50 bits per heavy atom. The number of carbonyl (C=O) groups excluding carboxylic acids is 1. The van der Waals surface area contributed by atoms with Gasteiger partial charge in [-0.25, -0.2) is 0 Å². The van der Waals surface area contributed by atoms with Gasteiger partial charge in [0, 0.05) is 6.54 Å². The van der Waals surface area contributed by atoms with Crippen LogP contribution < -0.4 is 10.1 Å². The second-order valence-electron chi connectivity index (χ2n) is 6.68. The fraction of sp³-hybridized carbons (Fsp3) is 0.579. The highest BCUT2D eigenvalue weighted by Crippen LogP contribution is 2.27. The Morgan fingerprint density at radius 2 is 1.96 bits per heavy atom. The van der Waals surface area contributed by atoms with Gasteiger partial charge in [-0.05, 0) is 44.5 Å². The zero-order valence-electron chi connectivity index (χ0n) is 14.8. The Labute approximate surface area is 144 Å². The van der Waals surface area contributed by atoms with Crippen LogP contribution in [0.1, 0.15) is 44.6 Å². The third kappa shape index (κ3) is 4.48. The molecule has 5 heteroatoms. The van der Waals surface area contributed by atoms with Crippen molar-refractivity contribution in [1.82, 2.24) is 10.2 Å². The number of methoxy groups -OCH3 is 1. The molecule has 0 unspecified atom stereocenters. The maximum atomic E-state index is 12.6. The van der Waals surface area contributed by atoms with Gasteiger partial charge in [0.15, 0.2) is 0 Å². The minimum Gasteiger partial charge on any atom is -0.497 e. The highest BCUT2D eigenvalue weighted by atomic mass is 16.5. The summed E-state index contributed by atoms with van der Waals surface area (Å²) in [4.78, 5) is 14.6. The number of nitrogens with one attached hydrogen (secondary N) is 1. The van der Waals surface area contributed by atoms with Crippen LogP contribution in [-0.4, -0.2) is 36.5 Å². The van der Waals surface area contributed by atoms with E-state index in [0.29, 0.717) is 6.54 Å². The Bertz CT molecular complexity index is 586. The first-order valence-electron chi connectivity index (χ1n) is 8.56. The summed E-state index contributed by atoms with van der Waals surface area (Å²) < 4.78 is 5.16. The van der Waals surface area contributed by atoms with Gasteiger partial charge in [-0.1, -0.05) is 31.4 Å². The largest absolute Gasteiger partial charge is 0.497 e. The van der Waals surface area contributed by atoms with Crippen LogP contribution in [0.15, 0.2) is 24.3 Å². The van der Waals surface area contributed by atoms with E-state index in [9.17, 15) is 10.1 Å². The number of hydrogen-bond donors (Lipinski definition) is 1. The Balaban J connectivity index is 1.94. The molecular weight excluding hydrogens is 302 g/mol. The summed E-state index contributed by atoms with van der Waals surface area (Å²) >= 11 is 0. The lowest BCUT2D eigenvalue weighted by Crippen LogP contribution is -2.54. The van der Waals surface area contributed by atoms with Crippen LogP contribution in [0.3, 0.4) is 0 Å². The van der Waals surface area contributed by atoms with E-state index < -0.39 is 5.54 Å². The number of hydrogen-bond acceptors (Lipinski definition) is 4. The van der Waals surface area contributed by atoms with E-state index in [0.717, 1.165) is 43.4 Å². The van der Waals surface area contributed by atoms with Crippen molar-refractivity contribution in [3.63, 3.8) is 0 Å². The first-order valence-corrected chi connectivity index (χ1v) is 8.56. The predicted molar refractivity (Wildman–Crippen MR) is 93.5 cm³/mol. The van der Waals surface area contributed by atoms with Gasteiger partial charge in [0.25, 0.3) is 0 Å². The fourth-order valence-corrected chi connectivity index (χ4v) is 3.12. The smallest absolute Gasteiger partial charge is 0.238 e. The number of ether oxygens (including phenoxy) is 1. The molecule has 24 heavy (non-hydrogen) atoms. The average Bonchev–Trinajstić information content (AvgIpc) is 2.62. The average molecular weight is 329 g/mol. The van der Waals surface area contributed by atoms with Gasteiger partial charge in [0.05, 0.1) is 19.2 Å². The van der Waals surface area contributed by atoms with Crippen molar-refractivity contribution >= 4 is 5.91 Å². The van der Waals surface area contributed by atoms with Crippen LogP contribution in [0.25, 0.3) is 0 Å². The van der Waals surface area contributed by atoms with Gasteiger partial charge in [0.1, 0.15) is 11.3 Å². The molecule has 0 saturated heterocycles. The molecule has 5 nitrogen and oxygen atoms in total. The summed E-state index contributed by atoms with van der Waals surface area (Å²) in [5, 5.41) is 12.5. The van der Waals surface area contributed by atoms with Crippen molar-refractivity contribution in [2.45, 2.75) is 57.2 Å². The molecular formula is C19H27N3O2. The standard InChI is InChI=1S/C19H27N3O2/c1-15(18(23)21-19(14-20)11-5-4-6-12-19)22(2)13-16-7-9-17(24-3)10-8-16/h7-10,15H,4-6,11-13H2,1-3H3,(H,21,23)/t15-/m1/s1. The summed E-state index contributed by atoms with van der Waals surface area (Å²) in [6, 6.07) is 9.88. The first-order chi connectivity index (χ1) is 11.5. The van der Waals surface area contributed by atoms with Crippen LogP contribution in [-0.2, 0) is 11.3 Å². The molecule has 1 N–H and O–H groups in total. The van der Waals surface area contributed by atoms with E-state index in [4.69, 9.17) is 4.74 Å². The highest BCUT2D eigenvalue weighted by Gasteiger charge is 2.35. The van der Waals surface area contributed by atoms with Crippen LogP contribution in [0.4, 0.5) is 0 Å². The molecule has 0 aliphatic heterocycles. The van der Waals surface area contributed by atoms with Crippen molar-refractivity contribution in [1.29, 1.82) is 5.26 Å². The first kappa shape index (κ1) is 18.3. The molecule has 1 saturated carbocycles. The predicted octanol–water partition coefficient (Wildman–Crippen LogP) is 2.86. The molecule has 0 heterocycles. The molecule has 1 aliphatic rings. The van der Waals surface area contributed by atoms with Crippen LogP contribution >= 0.6 is 0 Å². The van der Waals surface area contributed by atoms with Gasteiger partial charge in [0.2, 0.25) is 5.91 Å². The molecule has 1 aliphatic carbocycles. The van der Waals surface area contributed by atoms with Crippen LogP contribution in [0, 0.1) is 11.3 Å². The van der Waals surface area contributed by atoms with E-state index in [1.165, 1.54) is 0 Å². The maximum Gasteiger partial charge on any atom is 0.238 e. The van der Waals surface area contributed by atoms with Gasteiger partial charge in [-0.15, -0.1) is 0 Å². The number of nitriles is 1. The number of benzene rings is 1.